The molecule has 11 nitrogen and oxygen atoms in total. The molecule has 0 aliphatic carbocycles. The molecule has 0 aromatic carbocycles. The Bertz CT molecular complexity index is 1340. The molecule has 3 aromatic rings. The Hall–Kier alpha value is -3.46. The van der Waals surface area contributed by atoms with Crippen molar-refractivity contribution in [3.8, 4) is 5.88 Å². The minimum atomic E-state index is -5.01. The van der Waals surface area contributed by atoms with Crippen LogP contribution in [0.2, 0.25) is 0 Å². The number of carbonyl (C=O) groups is 1. The number of methoxy groups -OCH3 is 1. The molecule has 0 saturated carbocycles. The molecule has 1 aliphatic rings. The second-order valence-electron chi connectivity index (χ2n) is 7.36. The van der Waals surface area contributed by atoms with Gasteiger partial charge >= 0.3 is 6.18 Å². The van der Waals surface area contributed by atoms with Gasteiger partial charge in [-0.3, -0.25) is 19.1 Å². The van der Waals surface area contributed by atoms with Gasteiger partial charge in [-0.15, -0.1) is 0 Å². The topological polar surface area (TPSA) is 140 Å². The Labute approximate surface area is 184 Å². The number of carbonyl (C=O) groups excluding carboxylic acids is 1. The maximum Gasteiger partial charge on any atom is 0.419 e. The first-order valence-electron chi connectivity index (χ1n) is 9.29. The van der Waals surface area contributed by atoms with Crippen LogP contribution in [0.5, 0.6) is 5.88 Å². The third-order valence-electron chi connectivity index (χ3n) is 5.17. The Balaban J connectivity index is 1.63. The molecule has 4 heterocycles. The molecule has 0 radical (unpaired) electrons. The van der Waals surface area contributed by atoms with E-state index in [-0.39, 0.29) is 22.3 Å². The van der Waals surface area contributed by atoms with Gasteiger partial charge in [0.2, 0.25) is 11.8 Å². The zero-order chi connectivity index (χ0) is 24.2. The molecular formula is C18H17F3N6O5S. The first-order chi connectivity index (χ1) is 15.4. The van der Waals surface area contributed by atoms with Gasteiger partial charge in [-0.2, -0.15) is 18.3 Å². The van der Waals surface area contributed by atoms with Crippen LogP contribution in [0.4, 0.5) is 24.7 Å². The lowest BCUT2D eigenvalue weighted by Crippen LogP contribution is -2.47. The molecular weight excluding hydrogens is 469 g/mol. The number of nitrogens with zero attached hydrogens (tertiary/aromatic N) is 5. The molecule has 3 aromatic heterocycles. The van der Waals surface area contributed by atoms with E-state index in [1.54, 1.807) is 7.05 Å². The highest BCUT2D eigenvalue weighted by atomic mass is 32.2. The molecule has 1 fully saturated rings. The normalized spacial score (nSPS) is 19.3. The van der Waals surface area contributed by atoms with Crippen molar-refractivity contribution in [3.63, 3.8) is 0 Å². The number of nitrogens with one attached hydrogen (secondary N) is 1. The number of aromatic nitrogens is 4. The highest BCUT2D eigenvalue weighted by Crippen LogP contribution is 2.39. The van der Waals surface area contributed by atoms with E-state index in [9.17, 15) is 31.5 Å². The van der Waals surface area contributed by atoms with E-state index in [0.29, 0.717) is 15.8 Å². The molecule has 2 N–H and O–H groups in total. The van der Waals surface area contributed by atoms with Crippen molar-refractivity contribution in [1.82, 2.24) is 19.7 Å². The average Bonchev–Trinajstić information content (AvgIpc) is 3.28. The molecule has 1 amide bonds. The number of aliphatic hydroxyl groups is 1. The van der Waals surface area contributed by atoms with E-state index in [2.05, 4.69) is 19.8 Å². The van der Waals surface area contributed by atoms with Gasteiger partial charge in [-0.05, 0) is 12.1 Å². The van der Waals surface area contributed by atoms with E-state index in [1.807, 2.05) is 0 Å². The number of alkyl halides is 3. The van der Waals surface area contributed by atoms with E-state index >= 15 is 0 Å². The number of aryl methyl sites for hydroxylation is 1. The van der Waals surface area contributed by atoms with Crippen molar-refractivity contribution in [2.45, 2.75) is 23.1 Å². The van der Waals surface area contributed by atoms with Gasteiger partial charge in [0.05, 0.1) is 31.8 Å². The largest absolute Gasteiger partial charge is 0.479 e. The number of fused-ring (bicyclic) bond motifs is 1. The Morgan fingerprint density at radius 3 is 2.52 bits per heavy atom. The second-order valence-corrected chi connectivity index (χ2v) is 9.04. The van der Waals surface area contributed by atoms with Gasteiger partial charge in [0.25, 0.3) is 10.0 Å². The quantitative estimate of drug-likeness (QED) is 0.549. The van der Waals surface area contributed by atoms with Crippen LogP contribution in [0, 0.1) is 0 Å². The number of β-amino-alcohol motifs (C(OH)–C–C–N with tert-alkyl or cyclic N) is 1. The van der Waals surface area contributed by atoms with Crippen molar-refractivity contribution in [2.75, 3.05) is 23.3 Å². The van der Waals surface area contributed by atoms with E-state index in [0.717, 1.165) is 18.3 Å². The van der Waals surface area contributed by atoms with Crippen LogP contribution in [0.15, 0.2) is 35.6 Å². The molecule has 0 bridgehead atoms. The third kappa shape index (κ3) is 3.82. The molecule has 0 unspecified atom stereocenters. The fraction of sp³-hybridized carbons (Fsp3) is 0.333. The lowest BCUT2D eigenvalue weighted by molar-refractivity contribution is -0.250. The summed E-state index contributed by atoms with van der Waals surface area (Å²) < 4.78 is 74.0. The lowest BCUT2D eigenvalue weighted by atomic mass is 10.0. The molecule has 0 spiro atoms. The van der Waals surface area contributed by atoms with Crippen LogP contribution < -0.4 is 14.4 Å². The molecule has 1 aliphatic heterocycles. The van der Waals surface area contributed by atoms with Crippen molar-refractivity contribution < 1.29 is 36.2 Å². The van der Waals surface area contributed by atoms with Gasteiger partial charge in [0, 0.05) is 24.8 Å². The predicted octanol–water partition coefficient (Wildman–Crippen LogP) is 1.20. The zero-order valence-corrected chi connectivity index (χ0v) is 18.0. The monoisotopic (exact) mass is 486 g/mol. The lowest BCUT2D eigenvalue weighted by Gasteiger charge is -2.25. The van der Waals surface area contributed by atoms with E-state index in [4.69, 9.17) is 4.74 Å². The number of halogens is 3. The summed E-state index contributed by atoms with van der Waals surface area (Å²) in [6.45, 7) is -1.04. The minimum Gasteiger partial charge on any atom is -0.479 e. The number of sulfonamides is 1. The van der Waals surface area contributed by atoms with Gasteiger partial charge < -0.3 is 9.84 Å². The maximum absolute atomic E-state index is 13.1. The second kappa shape index (κ2) is 7.55. The van der Waals surface area contributed by atoms with Crippen LogP contribution in [-0.4, -0.2) is 64.6 Å². The smallest absolute Gasteiger partial charge is 0.419 e. The van der Waals surface area contributed by atoms with Crippen LogP contribution in [0.1, 0.15) is 6.42 Å². The van der Waals surface area contributed by atoms with E-state index < -0.39 is 40.7 Å². The fourth-order valence-corrected chi connectivity index (χ4v) is 4.44. The van der Waals surface area contributed by atoms with E-state index in [1.165, 1.54) is 24.2 Å². The minimum absolute atomic E-state index is 0.00615. The summed E-state index contributed by atoms with van der Waals surface area (Å²) in [5, 5.41) is 14.4. The van der Waals surface area contributed by atoms with Crippen LogP contribution in [-0.2, 0) is 21.9 Å². The SMILES string of the molecule is COc1ncc2cnn(C)c2c1NS(=O)(=O)c1ccc(N2C[C@](O)(C(F)(F)F)CC2=O)nc1. The Morgan fingerprint density at radius 2 is 1.94 bits per heavy atom. The fourth-order valence-electron chi connectivity index (χ4n) is 3.43. The van der Waals surface area contributed by atoms with Gasteiger partial charge in [-0.25, -0.2) is 18.4 Å². The summed E-state index contributed by atoms with van der Waals surface area (Å²) >= 11 is 0. The highest BCUT2D eigenvalue weighted by Gasteiger charge is 2.60. The summed E-state index contributed by atoms with van der Waals surface area (Å²) in [4.78, 5) is 20.2. The number of amides is 1. The number of hydrogen-bond donors (Lipinski definition) is 2. The molecule has 176 valence electrons. The number of hydrogen-bond acceptors (Lipinski definition) is 8. The summed E-state index contributed by atoms with van der Waals surface area (Å²) in [7, 11) is -1.32. The van der Waals surface area contributed by atoms with Gasteiger partial charge in [-0.1, -0.05) is 0 Å². The molecule has 15 heteroatoms. The van der Waals surface area contributed by atoms with Crippen LogP contribution >= 0.6 is 0 Å². The number of pyridine rings is 2. The number of ether oxygens (including phenoxy) is 1. The number of rotatable bonds is 5. The van der Waals surface area contributed by atoms with Crippen molar-refractivity contribution in [2.24, 2.45) is 7.05 Å². The summed E-state index contributed by atoms with van der Waals surface area (Å²) in [6.07, 6.45) is -2.32. The molecule has 1 atom stereocenters. The molecule has 1 saturated heterocycles. The first-order valence-corrected chi connectivity index (χ1v) is 10.8. The molecule has 33 heavy (non-hydrogen) atoms. The maximum atomic E-state index is 13.1. The van der Waals surface area contributed by atoms with Crippen LogP contribution in [0.25, 0.3) is 10.9 Å². The average molecular weight is 486 g/mol. The molecule has 4 rings (SSSR count). The van der Waals surface area contributed by atoms with Crippen molar-refractivity contribution >= 4 is 38.3 Å². The van der Waals surface area contributed by atoms with Crippen LogP contribution in [0.3, 0.4) is 0 Å². The highest BCUT2D eigenvalue weighted by molar-refractivity contribution is 7.92. The summed E-state index contributed by atoms with van der Waals surface area (Å²) in [5.41, 5.74) is -2.77. The third-order valence-corrected chi connectivity index (χ3v) is 6.50. The Morgan fingerprint density at radius 1 is 1.21 bits per heavy atom. The summed E-state index contributed by atoms with van der Waals surface area (Å²) in [6, 6.07) is 2.15. The Kier molecular flexibility index (Phi) is 5.20. The van der Waals surface area contributed by atoms with Crippen molar-refractivity contribution in [1.29, 1.82) is 0 Å². The standard InChI is InChI=1S/C18H17F3N6O5S/c1-26-15-10(7-24-26)6-23-16(32-2)14(15)25-33(30,31)11-3-4-12(22-8-11)27-9-17(29,5-13(27)28)18(19,20)21/h3-4,6-8,25,29H,5,9H2,1-2H3/t17-/m0/s1. The predicted molar refractivity (Wildman–Crippen MR) is 108 cm³/mol. The first kappa shape index (κ1) is 22.7. The summed E-state index contributed by atoms with van der Waals surface area (Å²) in [5.74, 6) is -1.23. The van der Waals surface area contributed by atoms with Gasteiger partial charge in [0.15, 0.2) is 5.60 Å². The zero-order valence-electron chi connectivity index (χ0n) is 17.2. The number of anilines is 2. The van der Waals surface area contributed by atoms with Crippen molar-refractivity contribution in [3.05, 3.63) is 30.7 Å². The van der Waals surface area contributed by atoms with Gasteiger partial charge in [0.1, 0.15) is 16.4 Å².